The van der Waals surface area contributed by atoms with Crippen molar-refractivity contribution in [1.82, 2.24) is 0 Å². The van der Waals surface area contributed by atoms with E-state index in [-0.39, 0.29) is 0 Å². The fourth-order valence-electron chi connectivity index (χ4n) is 7.20. The minimum Gasteiger partial charge on any atom is -0.455 e. The highest BCUT2D eigenvalue weighted by Crippen LogP contribution is 2.52. The van der Waals surface area contributed by atoms with Crippen LogP contribution < -0.4 is 9.30 Å². The Labute approximate surface area is 230 Å². The van der Waals surface area contributed by atoms with Gasteiger partial charge in [0.05, 0.1) is 22.4 Å². The highest BCUT2D eigenvalue weighted by atomic mass is 16.5. The molecular formula is C36H35N2O+. The number of pyridine rings is 1. The number of fused-ring (bicyclic) bond motifs is 5. The molecule has 4 aromatic carbocycles. The van der Waals surface area contributed by atoms with Gasteiger partial charge in [-0.25, -0.2) is 4.57 Å². The van der Waals surface area contributed by atoms with Crippen LogP contribution in [0.15, 0.2) is 60.8 Å². The maximum absolute atomic E-state index is 9.62. The molecule has 2 aliphatic rings. The van der Waals surface area contributed by atoms with Crippen LogP contribution in [0.4, 0.5) is 0 Å². The first-order valence-electron chi connectivity index (χ1n) is 14.4. The van der Waals surface area contributed by atoms with Crippen LogP contribution in [0.1, 0.15) is 56.2 Å². The van der Waals surface area contributed by atoms with E-state index in [1.54, 1.807) is 0 Å². The van der Waals surface area contributed by atoms with E-state index in [0.29, 0.717) is 0 Å². The minimum absolute atomic E-state index is 0.400. The van der Waals surface area contributed by atoms with Gasteiger partial charge in [-0.1, -0.05) is 68.1 Å². The minimum atomic E-state index is -0.400. The summed E-state index contributed by atoms with van der Waals surface area (Å²) in [5, 5.41) is 17.1. The lowest BCUT2D eigenvalue weighted by atomic mass is 9.84. The molecule has 1 aliphatic heterocycles. The van der Waals surface area contributed by atoms with Gasteiger partial charge in [-0.05, 0) is 78.3 Å². The van der Waals surface area contributed by atoms with Gasteiger partial charge in [0.2, 0.25) is 5.69 Å². The molecule has 0 N–H and O–H groups in total. The van der Waals surface area contributed by atoms with E-state index in [1.165, 1.54) is 85.9 Å². The zero-order chi connectivity index (χ0) is 26.9. The Morgan fingerprint density at radius 2 is 1.74 bits per heavy atom. The van der Waals surface area contributed by atoms with Crippen molar-refractivity contribution >= 4 is 32.3 Å². The summed E-state index contributed by atoms with van der Waals surface area (Å²) >= 11 is 0. The van der Waals surface area contributed by atoms with Crippen LogP contribution in [0.3, 0.4) is 0 Å². The van der Waals surface area contributed by atoms with Gasteiger partial charge in [-0.3, -0.25) is 0 Å². The lowest BCUT2D eigenvalue weighted by Gasteiger charge is -2.26. The SMILES string of the molecule is Cc1c2c(c(CC3CCCC3)c3ccccc13)Oc1cc3ccc(CC(C)(C)C#N)cc3c3cc[n+](C)c-2c13. The average Bonchev–Trinajstić information content (AvgIpc) is 3.45. The summed E-state index contributed by atoms with van der Waals surface area (Å²) in [4.78, 5) is 0. The lowest BCUT2D eigenvalue weighted by Crippen LogP contribution is -2.32. The normalized spacial score (nSPS) is 15.1. The topological polar surface area (TPSA) is 36.9 Å². The second-order valence-electron chi connectivity index (χ2n) is 12.5. The molecule has 0 bridgehead atoms. The number of nitrogens with zero attached hydrogens (tertiary/aromatic N) is 2. The molecule has 0 spiro atoms. The van der Waals surface area contributed by atoms with Crippen molar-refractivity contribution in [2.45, 2.75) is 59.3 Å². The number of rotatable bonds is 4. The molecule has 1 fully saturated rings. The van der Waals surface area contributed by atoms with Gasteiger partial charge in [0.25, 0.3) is 0 Å². The monoisotopic (exact) mass is 511 g/mol. The first kappa shape index (κ1) is 24.2. The fourth-order valence-corrected chi connectivity index (χ4v) is 7.20. The van der Waals surface area contributed by atoms with E-state index >= 15 is 0 Å². The van der Waals surface area contributed by atoms with Gasteiger partial charge in [-0.15, -0.1) is 0 Å². The van der Waals surface area contributed by atoms with Crippen molar-refractivity contribution in [3.05, 3.63) is 77.5 Å². The van der Waals surface area contributed by atoms with Crippen LogP contribution in [0, 0.1) is 29.6 Å². The maximum atomic E-state index is 9.62. The summed E-state index contributed by atoms with van der Waals surface area (Å²) in [5.74, 6) is 2.73. The van der Waals surface area contributed by atoms with E-state index in [4.69, 9.17) is 4.74 Å². The highest BCUT2D eigenvalue weighted by Gasteiger charge is 2.34. The summed E-state index contributed by atoms with van der Waals surface area (Å²) < 4.78 is 9.30. The Morgan fingerprint density at radius 3 is 2.51 bits per heavy atom. The van der Waals surface area contributed by atoms with E-state index in [9.17, 15) is 5.26 Å². The molecule has 1 aliphatic carbocycles. The lowest BCUT2D eigenvalue weighted by molar-refractivity contribution is -0.659. The van der Waals surface area contributed by atoms with Crippen LogP contribution in [-0.2, 0) is 19.9 Å². The Hall–Kier alpha value is -3.90. The van der Waals surface area contributed by atoms with Gasteiger partial charge in [0.1, 0.15) is 18.5 Å². The van der Waals surface area contributed by atoms with E-state index in [1.807, 2.05) is 13.8 Å². The molecule has 3 heteroatoms. The van der Waals surface area contributed by atoms with Gasteiger partial charge < -0.3 is 4.74 Å². The third-order valence-electron chi connectivity index (χ3n) is 9.16. The first-order valence-corrected chi connectivity index (χ1v) is 14.4. The largest absolute Gasteiger partial charge is 0.455 e. The average molecular weight is 512 g/mol. The summed E-state index contributed by atoms with van der Waals surface area (Å²) in [7, 11) is 2.16. The fraction of sp³-hybridized carbons (Fsp3) is 0.333. The standard InChI is InChI=1S/C36H35N2O/c1-22-26-11-7-8-12-27(26)30(17-23-9-5-6-10-23)35-32(22)34-33-28(15-16-38(34)4)29-18-24(20-36(2,3)21-37)13-14-25(29)19-31(33)39-35/h7-8,11-16,18-19,23H,5-6,9-10,17,20H2,1-4H3/q+1. The Kier molecular flexibility index (Phi) is 5.46. The summed E-state index contributed by atoms with van der Waals surface area (Å²) in [5.41, 5.74) is 5.93. The van der Waals surface area contributed by atoms with Gasteiger partial charge in [0.15, 0.2) is 6.20 Å². The molecule has 1 aromatic heterocycles. The highest BCUT2D eigenvalue weighted by molar-refractivity contribution is 6.16. The summed E-state index contributed by atoms with van der Waals surface area (Å²) in [6, 6.07) is 22.5. The van der Waals surface area contributed by atoms with Gasteiger partial charge in [0, 0.05) is 17.0 Å². The predicted molar refractivity (Wildman–Crippen MR) is 159 cm³/mol. The second kappa shape index (κ2) is 8.82. The molecule has 0 amide bonds. The Bertz CT molecular complexity index is 1850. The third-order valence-corrected chi connectivity index (χ3v) is 9.16. The molecule has 1 saturated carbocycles. The molecule has 0 unspecified atom stereocenters. The molecule has 2 heterocycles. The maximum Gasteiger partial charge on any atom is 0.228 e. The van der Waals surface area contributed by atoms with Crippen LogP contribution in [-0.4, -0.2) is 0 Å². The van der Waals surface area contributed by atoms with Crippen molar-refractivity contribution in [1.29, 1.82) is 5.26 Å². The quantitative estimate of drug-likeness (QED) is 0.175. The molecule has 5 aromatic rings. The molecule has 0 atom stereocenters. The van der Waals surface area contributed by atoms with Crippen molar-refractivity contribution in [2.24, 2.45) is 18.4 Å². The van der Waals surface area contributed by atoms with Crippen molar-refractivity contribution in [3.8, 4) is 28.8 Å². The number of aromatic nitrogens is 1. The zero-order valence-corrected chi connectivity index (χ0v) is 23.4. The third kappa shape index (κ3) is 3.80. The molecular weight excluding hydrogens is 476 g/mol. The Balaban J connectivity index is 1.52. The van der Waals surface area contributed by atoms with E-state index < -0.39 is 5.41 Å². The number of nitriles is 1. The molecule has 39 heavy (non-hydrogen) atoms. The van der Waals surface area contributed by atoms with Crippen LogP contribution >= 0.6 is 0 Å². The number of hydrogen-bond donors (Lipinski definition) is 0. The van der Waals surface area contributed by atoms with Crippen molar-refractivity contribution in [3.63, 3.8) is 0 Å². The first-order chi connectivity index (χ1) is 18.8. The van der Waals surface area contributed by atoms with Gasteiger partial charge >= 0.3 is 0 Å². The zero-order valence-electron chi connectivity index (χ0n) is 23.4. The van der Waals surface area contributed by atoms with E-state index in [2.05, 4.69) is 85.4 Å². The van der Waals surface area contributed by atoms with Crippen LogP contribution in [0.25, 0.3) is 43.6 Å². The molecule has 7 rings (SSSR count). The number of benzene rings is 4. The summed E-state index contributed by atoms with van der Waals surface area (Å²) in [6.45, 7) is 6.28. The smallest absolute Gasteiger partial charge is 0.228 e. The Morgan fingerprint density at radius 1 is 0.974 bits per heavy atom. The molecule has 0 saturated heterocycles. The predicted octanol–water partition coefficient (Wildman–Crippen LogP) is 8.88. The molecule has 3 nitrogen and oxygen atoms in total. The number of hydrogen-bond acceptors (Lipinski definition) is 2. The number of aryl methyl sites for hydroxylation is 2. The second-order valence-corrected chi connectivity index (χ2v) is 12.5. The molecule has 194 valence electrons. The van der Waals surface area contributed by atoms with Crippen molar-refractivity contribution < 1.29 is 9.30 Å². The van der Waals surface area contributed by atoms with Gasteiger partial charge in [-0.2, -0.15) is 5.26 Å². The van der Waals surface area contributed by atoms with E-state index in [0.717, 1.165) is 30.3 Å². The van der Waals surface area contributed by atoms with Crippen LogP contribution in [0.2, 0.25) is 0 Å². The van der Waals surface area contributed by atoms with Crippen LogP contribution in [0.5, 0.6) is 11.5 Å². The molecule has 0 radical (unpaired) electrons. The summed E-state index contributed by atoms with van der Waals surface area (Å²) in [6.07, 6.45) is 9.31. The van der Waals surface area contributed by atoms with Crippen molar-refractivity contribution in [2.75, 3.05) is 0 Å². The number of ether oxygens (including phenoxy) is 1.